The molecule has 33 nitrogen and oxygen atoms in total. The van der Waals surface area contributed by atoms with Crippen LogP contribution in [0, 0.1) is 0 Å². The van der Waals surface area contributed by atoms with Crippen molar-refractivity contribution in [3.8, 4) is 0 Å². The number of aliphatic hydroxyl groups is 15. The van der Waals surface area contributed by atoms with Gasteiger partial charge in [0, 0.05) is 13.3 Å². The van der Waals surface area contributed by atoms with E-state index >= 15 is 0 Å². The molecule has 5 fully saturated rings. The molecule has 5 aliphatic rings. The highest BCUT2D eigenvalue weighted by atomic mass is 32.3. The third-order valence-corrected chi connectivity index (χ3v) is 21.4. The van der Waals surface area contributed by atoms with Crippen molar-refractivity contribution in [3.63, 3.8) is 0 Å². The van der Waals surface area contributed by atoms with Gasteiger partial charge in [0.1, 0.15) is 122 Å². The fourth-order valence-electron chi connectivity index (χ4n) is 14.5. The molecule has 5 rings (SSSR count). The van der Waals surface area contributed by atoms with Crippen LogP contribution in [0.4, 0.5) is 0 Å². The Morgan fingerprint density at radius 2 is 0.741 bits per heavy atom. The molecule has 5 saturated heterocycles. The van der Waals surface area contributed by atoms with Gasteiger partial charge < -0.3 is 135 Å². The third-order valence-electron chi connectivity index (χ3n) is 20.9. The summed E-state index contributed by atoms with van der Waals surface area (Å²) in [5.74, 6) is -1.23. The highest BCUT2D eigenvalue weighted by Crippen LogP contribution is 2.37. The van der Waals surface area contributed by atoms with Crippen LogP contribution >= 0.6 is 0 Å². The third kappa shape index (κ3) is 32.3. The predicted octanol–water partition coefficient (Wildman–Crippen LogP) is 1.78. The lowest BCUT2D eigenvalue weighted by molar-refractivity contribution is -0.389. The number of rotatable bonds is 56. The Kier molecular flexibility index (Phi) is 47.1. The van der Waals surface area contributed by atoms with Crippen molar-refractivity contribution in [3.05, 3.63) is 12.2 Å². The molecule has 0 aromatic carbocycles. The van der Waals surface area contributed by atoms with Gasteiger partial charge in [-0.3, -0.25) is 14.1 Å². The zero-order chi connectivity index (χ0) is 79.1. The normalized spacial score (nSPS) is 34.0. The Labute approximate surface area is 637 Å². The van der Waals surface area contributed by atoms with Crippen molar-refractivity contribution in [2.24, 2.45) is 0 Å². The van der Waals surface area contributed by atoms with E-state index in [-0.39, 0.29) is 12.3 Å². The van der Waals surface area contributed by atoms with Gasteiger partial charge >= 0.3 is 10.4 Å². The standard InChI is InChI=1S/C74H136N2O31S/c1-4-6-8-10-12-14-16-18-19-20-21-22-23-24-25-27-29-31-33-35-37-39-54(84)76-47(48(83)38-36-34-32-30-28-26-17-15-13-11-9-7-5-2)45-97-71-61(90)59(88)65(52(43-80)101-71)103-72-62(91)60(89)66(53(44-81)102-72)104-73-63(92)68(57(86)50(41-78)99-73)106-70-55(75-46(3)82)67(56(85)49(40-77)98-70)105-74-64(93)69(107-108(94,95)96)58(87)51(42-79)100-74/h36,38,47-53,55-74,77-81,83,85-93H,4-35,37,39-45H2,1-3H3,(H,75,82)(H,76,84)(H,94,95,96)/b38-36+/t47-,48-,49-,50-,51-,52-,53-,55-,56+,57+,58+,59-,60-,61-,62-,63-,64-,65-,66+,67-,68+,69+,70+,71+,72+,73+,74+/m1/s1. The number of unbranched alkanes of at least 4 members (excludes halogenated alkanes) is 31. The second kappa shape index (κ2) is 52.9. The van der Waals surface area contributed by atoms with Crippen LogP contribution in [0.25, 0.3) is 0 Å². The molecule has 34 heteroatoms. The lowest BCUT2D eigenvalue weighted by atomic mass is 9.94. The summed E-state index contributed by atoms with van der Waals surface area (Å²) in [6, 6.07) is -2.90. The molecule has 27 atom stereocenters. The molecular formula is C74H136N2O31S. The number of carbonyl (C=O) groups is 2. The summed E-state index contributed by atoms with van der Waals surface area (Å²) < 4.78 is 95.5. The number of hydrogen-bond acceptors (Lipinski definition) is 30. The van der Waals surface area contributed by atoms with E-state index in [1.54, 1.807) is 6.08 Å². The Bertz CT molecular complexity index is 2520. The maximum Gasteiger partial charge on any atom is 0.397 e. The Morgan fingerprint density at radius 1 is 0.407 bits per heavy atom. The van der Waals surface area contributed by atoms with E-state index in [1.807, 2.05) is 6.08 Å². The topological polar surface area (TPSA) is 518 Å². The Balaban J connectivity index is 1.17. The zero-order valence-corrected chi connectivity index (χ0v) is 64.5. The van der Waals surface area contributed by atoms with Gasteiger partial charge in [-0.2, -0.15) is 8.42 Å². The highest BCUT2D eigenvalue weighted by molar-refractivity contribution is 7.80. The number of nitrogens with one attached hydrogen (secondary N) is 2. The molecule has 0 unspecified atom stereocenters. The molecule has 634 valence electrons. The lowest BCUT2D eigenvalue weighted by Crippen LogP contribution is -2.70. The molecule has 0 saturated carbocycles. The SMILES string of the molecule is CCCCCCCCCCCCC/C=C/[C@@H](O)[C@@H](CO[C@H]1O[C@H](CO)[C@@H](O[C@@H]2O[C@H](CO)[C@H](O[C@@H]3O[C@H](CO)[C@H](O)[C@H](O[C@@H]4O[C@H](CO)[C@H](O)[C@H](O[C@@H]5O[C@H](CO)[C@H](O)[C@H](OS(=O)(=O)O)[C@H]5O)[C@H]4NC(C)=O)[C@H]3O)[C@H](O)[C@H]2O)[C@H](O)[C@H]1O)NC(=O)CCCCCCCCCCCCCCCCCCCCCCC. The van der Waals surface area contributed by atoms with E-state index in [1.165, 1.54) is 148 Å². The first kappa shape index (κ1) is 96.1. The molecule has 5 aliphatic heterocycles. The van der Waals surface area contributed by atoms with Gasteiger partial charge in [-0.05, 0) is 19.3 Å². The second-order valence-electron chi connectivity index (χ2n) is 29.7. The van der Waals surface area contributed by atoms with Crippen LogP contribution in [0.2, 0.25) is 0 Å². The van der Waals surface area contributed by atoms with Crippen LogP contribution in [0.5, 0.6) is 0 Å². The summed E-state index contributed by atoms with van der Waals surface area (Å²) >= 11 is 0. The van der Waals surface area contributed by atoms with Crippen molar-refractivity contribution >= 4 is 22.2 Å². The number of carbonyl (C=O) groups excluding carboxylic acids is 2. The molecular weight excluding hydrogens is 1440 g/mol. The first-order valence-corrected chi connectivity index (χ1v) is 41.5. The van der Waals surface area contributed by atoms with E-state index in [2.05, 4.69) is 28.7 Å². The Morgan fingerprint density at radius 3 is 1.16 bits per heavy atom. The highest BCUT2D eigenvalue weighted by Gasteiger charge is 2.58. The van der Waals surface area contributed by atoms with Crippen molar-refractivity contribution < 1.29 is 151 Å². The smallest absolute Gasteiger partial charge is 0.394 e. The number of ether oxygens (including phenoxy) is 10. The molecule has 0 radical (unpaired) electrons. The largest absolute Gasteiger partial charge is 0.397 e. The predicted molar refractivity (Wildman–Crippen MR) is 388 cm³/mol. The molecule has 2 amide bonds. The Hall–Kier alpha value is -2.45. The number of hydrogen-bond donors (Lipinski definition) is 18. The number of allylic oxidation sites excluding steroid dienone is 1. The van der Waals surface area contributed by atoms with Crippen LogP contribution in [0.1, 0.15) is 239 Å². The lowest BCUT2D eigenvalue weighted by Gasteiger charge is -2.50. The molecule has 18 N–H and O–H groups in total. The van der Waals surface area contributed by atoms with E-state index in [4.69, 9.17) is 47.4 Å². The van der Waals surface area contributed by atoms with Crippen molar-refractivity contribution in [2.45, 2.75) is 405 Å². The number of aliphatic hydroxyl groups excluding tert-OH is 15. The summed E-state index contributed by atoms with van der Waals surface area (Å²) in [6.45, 7) is -0.122. The number of amides is 2. The first-order valence-electron chi connectivity index (χ1n) is 40.1. The van der Waals surface area contributed by atoms with Gasteiger partial charge in [-0.1, -0.05) is 219 Å². The van der Waals surface area contributed by atoms with E-state index in [0.717, 1.165) is 58.3 Å². The van der Waals surface area contributed by atoms with Crippen LogP contribution in [-0.4, -0.2) is 307 Å². The average molecular weight is 1580 g/mol. The average Bonchev–Trinajstić information content (AvgIpc) is 0.771. The maximum absolute atomic E-state index is 13.5. The van der Waals surface area contributed by atoms with Gasteiger partial charge in [0.25, 0.3) is 0 Å². The quantitative estimate of drug-likeness (QED) is 0.0234. The molecule has 0 aromatic rings. The van der Waals surface area contributed by atoms with Gasteiger partial charge in [-0.15, -0.1) is 0 Å². The van der Waals surface area contributed by atoms with E-state index in [9.17, 15) is 99.2 Å². The molecule has 0 aliphatic carbocycles. The van der Waals surface area contributed by atoms with Gasteiger partial charge in [-0.25, -0.2) is 4.18 Å². The van der Waals surface area contributed by atoms with Crippen molar-refractivity contribution in [1.29, 1.82) is 0 Å². The molecule has 0 bridgehead atoms. The minimum Gasteiger partial charge on any atom is -0.394 e. The van der Waals surface area contributed by atoms with E-state index in [0.29, 0.717) is 12.8 Å². The summed E-state index contributed by atoms with van der Waals surface area (Å²) in [7, 11) is -5.41. The summed E-state index contributed by atoms with van der Waals surface area (Å²) in [4.78, 5) is 26.3. The molecule has 0 aromatic heterocycles. The maximum atomic E-state index is 13.5. The van der Waals surface area contributed by atoms with Crippen LogP contribution < -0.4 is 10.6 Å². The monoisotopic (exact) mass is 1580 g/mol. The second-order valence-corrected chi connectivity index (χ2v) is 30.8. The van der Waals surface area contributed by atoms with Crippen LogP contribution in [0.15, 0.2) is 12.2 Å². The van der Waals surface area contributed by atoms with Crippen molar-refractivity contribution in [1.82, 2.24) is 10.6 Å². The molecule has 0 spiro atoms. The summed E-state index contributed by atoms with van der Waals surface area (Å²) in [5, 5.41) is 172. The van der Waals surface area contributed by atoms with Crippen molar-refractivity contribution in [2.75, 3.05) is 39.6 Å². The van der Waals surface area contributed by atoms with Crippen LogP contribution in [0.3, 0.4) is 0 Å². The fourth-order valence-corrected chi connectivity index (χ4v) is 15.0. The molecule has 108 heavy (non-hydrogen) atoms. The summed E-state index contributed by atoms with van der Waals surface area (Å²) in [6.07, 6.45) is -6.05. The summed E-state index contributed by atoms with van der Waals surface area (Å²) in [5.41, 5.74) is 0. The van der Waals surface area contributed by atoms with E-state index < -0.39 is 222 Å². The zero-order valence-electron chi connectivity index (χ0n) is 63.7. The first-order chi connectivity index (χ1) is 51.9. The minimum atomic E-state index is -5.41. The minimum absolute atomic E-state index is 0.186. The van der Waals surface area contributed by atoms with Gasteiger partial charge in [0.15, 0.2) is 31.5 Å². The van der Waals surface area contributed by atoms with Gasteiger partial charge in [0.05, 0.1) is 51.8 Å². The molecule has 5 heterocycles. The fraction of sp³-hybridized carbons (Fsp3) is 0.946. The van der Waals surface area contributed by atoms with Crippen LogP contribution in [-0.2, 0) is 71.5 Å². The van der Waals surface area contributed by atoms with Gasteiger partial charge in [0.2, 0.25) is 11.8 Å².